The smallest absolute Gasteiger partial charge is 0.0166 e. The highest BCUT2D eigenvalue weighted by Crippen LogP contribution is 1.99. The van der Waals surface area contributed by atoms with Gasteiger partial charge in [0.2, 0.25) is 0 Å². The number of rotatable bonds is 6. The van der Waals surface area contributed by atoms with Crippen LogP contribution in [0.5, 0.6) is 0 Å². The molecule has 0 aromatic carbocycles. The van der Waals surface area contributed by atoms with Crippen LogP contribution in [-0.2, 0) is 0 Å². The fourth-order valence-electron chi connectivity index (χ4n) is 1.29. The first-order valence-corrected chi connectivity index (χ1v) is 5.37. The van der Waals surface area contributed by atoms with E-state index in [1.807, 2.05) is 6.92 Å². The molecule has 2 heteroatoms. The van der Waals surface area contributed by atoms with Gasteiger partial charge >= 0.3 is 0 Å². The fraction of sp³-hybridized carbons (Fsp3) is 0.667. The molecule has 0 amide bonds. The van der Waals surface area contributed by atoms with E-state index in [9.17, 15) is 0 Å². The lowest BCUT2D eigenvalue weighted by Gasteiger charge is -2.20. The van der Waals surface area contributed by atoms with Crippen LogP contribution in [0.2, 0.25) is 0 Å². The third-order valence-corrected chi connectivity index (χ3v) is 2.08. The normalized spacial score (nSPS) is 13.4. The number of hydrogen-bond donors (Lipinski definition) is 1. The van der Waals surface area contributed by atoms with Crippen LogP contribution in [0.4, 0.5) is 0 Å². The quantitative estimate of drug-likeness (QED) is 0.661. The highest BCUT2D eigenvalue weighted by molar-refractivity contribution is 5.14. The molecular formula is C12H24N2. The van der Waals surface area contributed by atoms with Crippen molar-refractivity contribution >= 4 is 0 Å². The lowest BCUT2D eigenvalue weighted by Crippen LogP contribution is -2.27. The van der Waals surface area contributed by atoms with Crippen molar-refractivity contribution in [3.63, 3.8) is 0 Å². The van der Waals surface area contributed by atoms with Gasteiger partial charge in [0, 0.05) is 13.1 Å². The summed E-state index contributed by atoms with van der Waals surface area (Å²) in [5, 5.41) is 0. The first-order chi connectivity index (χ1) is 6.60. The SMILES string of the molecule is CCN(C/C=C\C(C)=C/N)CC(C)C. The van der Waals surface area contributed by atoms with Crippen molar-refractivity contribution < 1.29 is 0 Å². The van der Waals surface area contributed by atoms with E-state index in [2.05, 4.69) is 37.8 Å². The molecule has 82 valence electrons. The molecule has 0 heterocycles. The van der Waals surface area contributed by atoms with E-state index in [0.717, 1.165) is 31.1 Å². The standard InChI is InChI=1S/C12H24N2/c1-5-14(10-11(2)3)8-6-7-12(4)9-13/h6-7,9,11H,5,8,10,13H2,1-4H3/b7-6-,12-9-. The Balaban J connectivity index is 3.89. The molecule has 0 saturated carbocycles. The monoisotopic (exact) mass is 196 g/mol. The second-order valence-electron chi connectivity index (χ2n) is 4.06. The van der Waals surface area contributed by atoms with Crippen LogP contribution in [0.25, 0.3) is 0 Å². The molecule has 0 saturated heterocycles. The van der Waals surface area contributed by atoms with Crippen LogP contribution in [0.3, 0.4) is 0 Å². The maximum absolute atomic E-state index is 5.38. The van der Waals surface area contributed by atoms with E-state index in [-0.39, 0.29) is 0 Å². The van der Waals surface area contributed by atoms with Gasteiger partial charge in [-0.3, -0.25) is 4.90 Å². The minimum absolute atomic E-state index is 0.731. The summed E-state index contributed by atoms with van der Waals surface area (Å²) in [7, 11) is 0. The van der Waals surface area contributed by atoms with Crippen molar-refractivity contribution in [1.29, 1.82) is 0 Å². The molecule has 0 atom stereocenters. The Kier molecular flexibility index (Phi) is 7.21. The third kappa shape index (κ3) is 6.72. The lowest BCUT2D eigenvalue weighted by atomic mass is 10.2. The molecule has 0 aromatic rings. The Hall–Kier alpha value is -0.760. The molecule has 0 fully saturated rings. The second-order valence-corrected chi connectivity index (χ2v) is 4.06. The van der Waals surface area contributed by atoms with Gasteiger partial charge in [-0.2, -0.15) is 0 Å². The van der Waals surface area contributed by atoms with Gasteiger partial charge in [0.1, 0.15) is 0 Å². The fourth-order valence-corrected chi connectivity index (χ4v) is 1.29. The van der Waals surface area contributed by atoms with Crippen molar-refractivity contribution in [1.82, 2.24) is 4.90 Å². The first-order valence-electron chi connectivity index (χ1n) is 5.37. The highest BCUT2D eigenvalue weighted by Gasteiger charge is 2.01. The third-order valence-electron chi connectivity index (χ3n) is 2.08. The molecule has 0 aliphatic heterocycles. The van der Waals surface area contributed by atoms with Crippen LogP contribution < -0.4 is 5.73 Å². The molecule has 2 nitrogen and oxygen atoms in total. The zero-order chi connectivity index (χ0) is 11.0. The van der Waals surface area contributed by atoms with E-state index < -0.39 is 0 Å². The molecule has 0 aliphatic rings. The van der Waals surface area contributed by atoms with Crippen LogP contribution in [0.1, 0.15) is 27.7 Å². The average Bonchev–Trinajstić information content (AvgIpc) is 2.15. The van der Waals surface area contributed by atoms with Gasteiger partial charge < -0.3 is 5.73 Å². The maximum Gasteiger partial charge on any atom is 0.0166 e. The number of nitrogens with zero attached hydrogens (tertiary/aromatic N) is 1. The molecule has 0 spiro atoms. The van der Waals surface area contributed by atoms with Crippen LogP contribution in [0, 0.1) is 5.92 Å². The van der Waals surface area contributed by atoms with Gasteiger partial charge in [0.15, 0.2) is 0 Å². The summed E-state index contributed by atoms with van der Waals surface area (Å²) in [6.07, 6.45) is 5.88. The lowest BCUT2D eigenvalue weighted by molar-refractivity contribution is 0.282. The molecule has 2 N–H and O–H groups in total. The Morgan fingerprint density at radius 1 is 1.43 bits per heavy atom. The predicted octanol–water partition coefficient (Wildman–Crippen LogP) is 2.38. The topological polar surface area (TPSA) is 29.3 Å². The Morgan fingerprint density at radius 3 is 2.50 bits per heavy atom. The molecule has 0 aromatic heterocycles. The predicted molar refractivity (Wildman–Crippen MR) is 64.0 cm³/mol. The number of hydrogen-bond acceptors (Lipinski definition) is 2. The minimum atomic E-state index is 0.731. The van der Waals surface area contributed by atoms with Gasteiger partial charge in [-0.15, -0.1) is 0 Å². The van der Waals surface area contributed by atoms with E-state index >= 15 is 0 Å². The number of nitrogens with two attached hydrogens (primary N) is 1. The van der Waals surface area contributed by atoms with E-state index in [4.69, 9.17) is 5.73 Å². The first kappa shape index (κ1) is 13.2. The second kappa shape index (κ2) is 7.63. The molecule has 0 rings (SSSR count). The Bertz CT molecular complexity index is 192. The van der Waals surface area contributed by atoms with E-state index in [1.54, 1.807) is 6.20 Å². The molecular weight excluding hydrogens is 172 g/mol. The average molecular weight is 196 g/mol. The highest BCUT2D eigenvalue weighted by atomic mass is 15.1. The summed E-state index contributed by atoms with van der Waals surface area (Å²) in [4.78, 5) is 2.42. The van der Waals surface area contributed by atoms with Gasteiger partial charge in [-0.25, -0.2) is 0 Å². The van der Waals surface area contributed by atoms with Crippen molar-refractivity contribution in [2.24, 2.45) is 11.7 Å². The molecule has 0 unspecified atom stereocenters. The van der Waals surface area contributed by atoms with Gasteiger partial charge in [0.05, 0.1) is 0 Å². The zero-order valence-electron chi connectivity index (χ0n) is 9.96. The Labute approximate surface area is 88.5 Å². The molecule has 0 bridgehead atoms. The van der Waals surface area contributed by atoms with Crippen molar-refractivity contribution in [2.75, 3.05) is 19.6 Å². The summed E-state index contributed by atoms with van der Waals surface area (Å²) in [5.74, 6) is 0.731. The van der Waals surface area contributed by atoms with Crippen LogP contribution >= 0.6 is 0 Å². The Morgan fingerprint density at radius 2 is 2.07 bits per heavy atom. The minimum Gasteiger partial charge on any atom is -0.404 e. The summed E-state index contributed by atoms with van der Waals surface area (Å²) < 4.78 is 0. The van der Waals surface area contributed by atoms with Gasteiger partial charge in [-0.05, 0) is 31.2 Å². The van der Waals surface area contributed by atoms with Crippen molar-refractivity contribution in [3.8, 4) is 0 Å². The van der Waals surface area contributed by atoms with Crippen molar-refractivity contribution in [3.05, 3.63) is 23.9 Å². The van der Waals surface area contributed by atoms with Crippen LogP contribution in [0.15, 0.2) is 23.9 Å². The zero-order valence-corrected chi connectivity index (χ0v) is 9.96. The van der Waals surface area contributed by atoms with Crippen molar-refractivity contribution in [2.45, 2.75) is 27.7 Å². The largest absolute Gasteiger partial charge is 0.404 e. The maximum atomic E-state index is 5.38. The van der Waals surface area contributed by atoms with Gasteiger partial charge in [-0.1, -0.05) is 32.9 Å². The van der Waals surface area contributed by atoms with E-state index in [1.165, 1.54) is 0 Å². The number of allylic oxidation sites excluding steroid dienone is 2. The molecule has 14 heavy (non-hydrogen) atoms. The number of likely N-dealkylation sites (N-methyl/N-ethyl adjacent to an activating group) is 1. The van der Waals surface area contributed by atoms with Gasteiger partial charge in [0.25, 0.3) is 0 Å². The molecule has 0 aliphatic carbocycles. The summed E-state index contributed by atoms with van der Waals surface area (Å²) in [6, 6.07) is 0. The van der Waals surface area contributed by atoms with E-state index in [0.29, 0.717) is 0 Å². The summed E-state index contributed by atoms with van der Waals surface area (Å²) >= 11 is 0. The summed E-state index contributed by atoms with van der Waals surface area (Å²) in [5.41, 5.74) is 6.49. The van der Waals surface area contributed by atoms with Crippen LogP contribution in [-0.4, -0.2) is 24.5 Å². The molecule has 0 radical (unpaired) electrons. The summed E-state index contributed by atoms with van der Waals surface area (Å²) in [6.45, 7) is 12.0.